The normalized spacial score (nSPS) is 29.2. The standard InChI is InChI=1S/C7H16BN2O9P3/c8-6-1-4(17-7(10)2-9)5(16-6)3-15-21(13)19-22(14)18-20(11)12/h4-7,11-14H,1,3,8,10H2/t4-,5?,6-,7?,21?,22?/m1/s1. The van der Waals surface area contributed by atoms with Gasteiger partial charge in [-0.25, -0.2) is 8.62 Å². The summed E-state index contributed by atoms with van der Waals surface area (Å²) in [5, 5.41) is 8.63. The summed E-state index contributed by atoms with van der Waals surface area (Å²) in [6.45, 7) is -0.133. The van der Waals surface area contributed by atoms with Crippen LogP contribution in [0.1, 0.15) is 6.42 Å². The molecule has 1 aliphatic rings. The summed E-state index contributed by atoms with van der Waals surface area (Å²) in [5.41, 5.74) is 5.39. The van der Waals surface area contributed by atoms with Crippen LogP contribution in [0.5, 0.6) is 0 Å². The molecule has 0 aliphatic carbocycles. The summed E-state index contributed by atoms with van der Waals surface area (Å²) in [6, 6.07) is 1.59. The second-order valence-electron chi connectivity index (χ2n) is 4.13. The highest BCUT2D eigenvalue weighted by Crippen LogP contribution is 2.55. The van der Waals surface area contributed by atoms with Gasteiger partial charge in [-0.15, -0.1) is 0 Å². The van der Waals surface area contributed by atoms with Crippen molar-refractivity contribution in [2.45, 2.75) is 30.9 Å². The molecule has 126 valence electrons. The number of ether oxygens (including phenoxy) is 2. The molecule has 11 nitrogen and oxygen atoms in total. The first kappa shape index (κ1) is 20.5. The largest absolute Gasteiger partial charge is 0.379 e. The Morgan fingerprint density at radius 1 is 1.32 bits per heavy atom. The van der Waals surface area contributed by atoms with Gasteiger partial charge in [-0.05, 0) is 6.42 Å². The van der Waals surface area contributed by atoms with Crippen molar-refractivity contribution in [2.75, 3.05) is 6.61 Å². The summed E-state index contributed by atoms with van der Waals surface area (Å²) in [7, 11) is -6.19. The maximum Gasteiger partial charge on any atom is 0.344 e. The van der Waals surface area contributed by atoms with E-state index in [1.165, 1.54) is 0 Å². The average Bonchev–Trinajstić information content (AvgIpc) is 2.75. The lowest BCUT2D eigenvalue weighted by molar-refractivity contribution is -0.0489. The quantitative estimate of drug-likeness (QED) is 0.182. The van der Waals surface area contributed by atoms with Crippen LogP contribution in [-0.4, -0.2) is 58.5 Å². The summed E-state index contributed by atoms with van der Waals surface area (Å²) in [4.78, 5) is 35.5. The van der Waals surface area contributed by atoms with E-state index in [1.807, 2.05) is 0 Å². The van der Waals surface area contributed by atoms with Crippen LogP contribution in [0.25, 0.3) is 0 Å². The van der Waals surface area contributed by atoms with E-state index in [4.69, 9.17) is 39.7 Å². The van der Waals surface area contributed by atoms with Gasteiger partial charge in [-0.1, -0.05) is 0 Å². The van der Waals surface area contributed by atoms with Crippen LogP contribution < -0.4 is 5.73 Å². The Balaban J connectivity index is 2.36. The molecule has 0 aromatic heterocycles. The number of nitriles is 1. The second-order valence-corrected chi connectivity index (χ2v) is 7.15. The topological polar surface area (TPSA) is 177 Å². The number of nitrogens with zero attached hydrogens (tertiary/aromatic N) is 1. The first-order valence-electron chi connectivity index (χ1n) is 5.93. The zero-order valence-corrected chi connectivity index (χ0v) is 14.1. The highest BCUT2D eigenvalue weighted by molar-refractivity contribution is 7.60. The first-order valence-corrected chi connectivity index (χ1v) is 9.35. The van der Waals surface area contributed by atoms with Crippen LogP contribution in [0.15, 0.2) is 0 Å². The Morgan fingerprint density at radius 3 is 2.59 bits per heavy atom. The van der Waals surface area contributed by atoms with E-state index in [-0.39, 0.29) is 12.6 Å². The van der Waals surface area contributed by atoms with E-state index in [2.05, 4.69) is 8.62 Å². The molecule has 0 bridgehead atoms. The van der Waals surface area contributed by atoms with Crippen LogP contribution in [0.4, 0.5) is 0 Å². The molecule has 6 N–H and O–H groups in total. The average molecular weight is 376 g/mol. The molecular formula is C7H16BN2O9P3. The van der Waals surface area contributed by atoms with Crippen LogP contribution in [0.2, 0.25) is 0 Å². The predicted molar refractivity (Wildman–Crippen MR) is 78.0 cm³/mol. The molecule has 4 unspecified atom stereocenters. The van der Waals surface area contributed by atoms with E-state index < -0.39 is 44.2 Å². The lowest BCUT2D eigenvalue weighted by Gasteiger charge is -2.21. The van der Waals surface area contributed by atoms with E-state index in [0.29, 0.717) is 6.42 Å². The zero-order chi connectivity index (χ0) is 16.7. The third-order valence-corrected chi connectivity index (χ3v) is 5.10. The maximum atomic E-state index is 9.44. The Morgan fingerprint density at radius 2 is 2.00 bits per heavy atom. The third kappa shape index (κ3) is 7.82. The number of hydrogen-bond acceptors (Lipinski definition) is 11. The van der Waals surface area contributed by atoms with Crippen LogP contribution >= 0.6 is 25.8 Å². The van der Waals surface area contributed by atoms with Crippen molar-refractivity contribution in [1.82, 2.24) is 0 Å². The molecule has 1 saturated heterocycles. The molecule has 6 atom stereocenters. The second kappa shape index (κ2) is 10.3. The summed E-state index contributed by atoms with van der Waals surface area (Å²) >= 11 is 0. The van der Waals surface area contributed by atoms with Gasteiger partial charge in [0.1, 0.15) is 20.0 Å². The van der Waals surface area contributed by atoms with Crippen molar-refractivity contribution >= 4 is 33.7 Å². The molecule has 15 heteroatoms. The van der Waals surface area contributed by atoms with Crippen LogP contribution in [0, 0.1) is 11.3 Å². The molecule has 0 amide bonds. The van der Waals surface area contributed by atoms with E-state index in [1.54, 1.807) is 13.9 Å². The fraction of sp³-hybridized carbons (Fsp3) is 0.857. The smallest absolute Gasteiger partial charge is 0.344 e. The zero-order valence-electron chi connectivity index (χ0n) is 11.4. The molecule has 1 heterocycles. The fourth-order valence-corrected chi connectivity index (χ4v) is 3.56. The third-order valence-electron chi connectivity index (χ3n) is 2.47. The number of rotatable bonds is 9. The van der Waals surface area contributed by atoms with Crippen molar-refractivity contribution in [1.29, 1.82) is 5.26 Å². The molecule has 1 rings (SSSR count). The van der Waals surface area contributed by atoms with Gasteiger partial charge in [0, 0.05) is 6.00 Å². The lowest BCUT2D eigenvalue weighted by atomic mass is 9.96. The summed E-state index contributed by atoms with van der Waals surface area (Å²) in [6.07, 6.45) is -1.65. The molecule has 0 radical (unpaired) electrons. The first-order chi connectivity index (χ1) is 10.3. The Hall–Kier alpha value is 0.445. The molecule has 0 aromatic carbocycles. The van der Waals surface area contributed by atoms with Gasteiger partial charge >= 0.3 is 25.8 Å². The maximum absolute atomic E-state index is 9.44. The van der Waals surface area contributed by atoms with E-state index in [9.17, 15) is 4.89 Å². The summed E-state index contributed by atoms with van der Waals surface area (Å²) < 4.78 is 24.4. The van der Waals surface area contributed by atoms with Gasteiger partial charge in [-0.2, -0.15) is 5.26 Å². The van der Waals surface area contributed by atoms with Crippen molar-refractivity contribution < 1.29 is 42.2 Å². The molecular weight excluding hydrogens is 360 g/mol. The molecule has 0 saturated carbocycles. The molecule has 22 heavy (non-hydrogen) atoms. The van der Waals surface area contributed by atoms with Gasteiger partial charge in [0.15, 0.2) is 6.23 Å². The molecule has 0 spiro atoms. The van der Waals surface area contributed by atoms with Crippen molar-refractivity contribution in [3.63, 3.8) is 0 Å². The van der Waals surface area contributed by atoms with Crippen molar-refractivity contribution in [3.8, 4) is 6.07 Å². The minimum Gasteiger partial charge on any atom is -0.379 e. The Kier molecular flexibility index (Phi) is 9.63. The summed E-state index contributed by atoms with van der Waals surface area (Å²) in [5.74, 6) is 0. The number of hydrogen-bond donors (Lipinski definition) is 5. The predicted octanol–water partition coefficient (Wildman–Crippen LogP) is -1.37. The Bertz CT molecular complexity index is 378. The van der Waals surface area contributed by atoms with Crippen molar-refractivity contribution in [3.05, 3.63) is 0 Å². The monoisotopic (exact) mass is 376 g/mol. The van der Waals surface area contributed by atoms with Gasteiger partial charge < -0.3 is 33.6 Å². The SMILES string of the molecule is B[C@H]1C[C@@H](OC(N)C#N)C(COP(O)OP(O)OP(O)O)O1. The van der Waals surface area contributed by atoms with Crippen LogP contribution in [0.3, 0.4) is 0 Å². The number of nitrogens with two attached hydrogens (primary N) is 1. The molecule has 1 fully saturated rings. The highest BCUT2D eigenvalue weighted by atomic mass is 31.3. The van der Waals surface area contributed by atoms with Gasteiger partial charge in [-0.3, -0.25) is 5.73 Å². The van der Waals surface area contributed by atoms with Gasteiger partial charge in [0.25, 0.3) is 0 Å². The molecule has 1 aliphatic heterocycles. The Labute approximate surface area is 131 Å². The highest BCUT2D eigenvalue weighted by Gasteiger charge is 2.36. The van der Waals surface area contributed by atoms with Crippen LogP contribution in [-0.2, 0) is 22.6 Å². The van der Waals surface area contributed by atoms with Crippen molar-refractivity contribution in [2.24, 2.45) is 5.73 Å². The minimum absolute atomic E-state index is 0.133. The lowest BCUT2D eigenvalue weighted by Crippen LogP contribution is -2.35. The van der Waals surface area contributed by atoms with E-state index >= 15 is 0 Å². The van der Waals surface area contributed by atoms with Gasteiger partial charge in [0.2, 0.25) is 0 Å². The minimum atomic E-state index is -2.81. The molecule has 0 aromatic rings. The fourth-order valence-electron chi connectivity index (χ4n) is 1.73. The van der Waals surface area contributed by atoms with Gasteiger partial charge in [0.05, 0.1) is 12.7 Å². The van der Waals surface area contributed by atoms with E-state index in [0.717, 1.165) is 0 Å².